The van der Waals surface area contributed by atoms with E-state index in [1.165, 1.54) is 32.0 Å². The molecular formula is C15H22ClFN2. The van der Waals surface area contributed by atoms with Crippen molar-refractivity contribution < 1.29 is 4.39 Å². The molecule has 1 heterocycles. The minimum Gasteiger partial charge on any atom is -0.312 e. The van der Waals surface area contributed by atoms with E-state index in [4.69, 9.17) is 11.6 Å². The van der Waals surface area contributed by atoms with Crippen LogP contribution in [0.1, 0.15) is 25.3 Å². The fourth-order valence-electron chi connectivity index (χ4n) is 2.61. The summed E-state index contributed by atoms with van der Waals surface area (Å²) in [5.41, 5.74) is 0.579. The van der Waals surface area contributed by atoms with E-state index >= 15 is 0 Å². The van der Waals surface area contributed by atoms with E-state index in [2.05, 4.69) is 17.1 Å². The third-order valence-corrected chi connectivity index (χ3v) is 4.30. The first kappa shape index (κ1) is 14.8. The number of hydrogen-bond acceptors (Lipinski definition) is 2. The SMILES string of the molecule is CCN1CCC(CNCc2c(F)cccc2Cl)CC1. The number of benzene rings is 1. The van der Waals surface area contributed by atoms with Gasteiger partial charge in [-0.05, 0) is 57.1 Å². The molecule has 4 heteroatoms. The van der Waals surface area contributed by atoms with Crippen molar-refractivity contribution in [3.63, 3.8) is 0 Å². The van der Waals surface area contributed by atoms with Crippen LogP contribution >= 0.6 is 11.6 Å². The van der Waals surface area contributed by atoms with Crippen LogP contribution in [-0.4, -0.2) is 31.1 Å². The second-order valence-corrected chi connectivity index (χ2v) is 5.62. The molecule has 2 nitrogen and oxygen atoms in total. The maximum absolute atomic E-state index is 13.6. The van der Waals surface area contributed by atoms with Gasteiger partial charge in [0.25, 0.3) is 0 Å². The average Bonchev–Trinajstić information content (AvgIpc) is 2.43. The molecule has 0 saturated carbocycles. The number of nitrogens with zero attached hydrogens (tertiary/aromatic N) is 1. The Hall–Kier alpha value is -0.640. The molecule has 1 saturated heterocycles. The van der Waals surface area contributed by atoms with Crippen molar-refractivity contribution in [3.8, 4) is 0 Å². The van der Waals surface area contributed by atoms with Crippen LogP contribution < -0.4 is 5.32 Å². The van der Waals surface area contributed by atoms with Gasteiger partial charge in [-0.2, -0.15) is 0 Å². The first-order chi connectivity index (χ1) is 9.20. The maximum atomic E-state index is 13.6. The lowest BCUT2D eigenvalue weighted by atomic mass is 9.97. The third-order valence-electron chi connectivity index (χ3n) is 3.95. The summed E-state index contributed by atoms with van der Waals surface area (Å²) >= 11 is 6.00. The summed E-state index contributed by atoms with van der Waals surface area (Å²) in [5.74, 6) is 0.481. The molecule has 1 aromatic rings. The molecule has 19 heavy (non-hydrogen) atoms. The summed E-state index contributed by atoms with van der Waals surface area (Å²) in [4.78, 5) is 2.48. The van der Waals surface area contributed by atoms with Crippen molar-refractivity contribution in [2.45, 2.75) is 26.3 Å². The highest BCUT2D eigenvalue weighted by Gasteiger charge is 2.17. The Morgan fingerprint density at radius 1 is 1.37 bits per heavy atom. The van der Waals surface area contributed by atoms with Crippen molar-refractivity contribution in [3.05, 3.63) is 34.6 Å². The summed E-state index contributed by atoms with van der Waals surface area (Å²) in [5, 5.41) is 3.85. The van der Waals surface area contributed by atoms with Gasteiger partial charge in [0.2, 0.25) is 0 Å². The normalized spacial score (nSPS) is 17.8. The van der Waals surface area contributed by atoms with Gasteiger partial charge in [-0.25, -0.2) is 4.39 Å². The molecule has 0 bridgehead atoms. The van der Waals surface area contributed by atoms with Gasteiger partial charge in [-0.1, -0.05) is 24.6 Å². The average molecular weight is 285 g/mol. The molecule has 0 spiro atoms. The molecule has 106 valence electrons. The second-order valence-electron chi connectivity index (χ2n) is 5.21. The molecule has 1 N–H and O–H groups in total. The first-order valence-electron chi connectivity index (χ1n) is 7.06. The van der Waals surface area contributed by atoms with Crippen LogP contribution in [0.25, 0.3) is 0 Å². The first-order valence-corrected chi connectivity index (χ1v) is 7.44. The molecule has 1 aliphatic heterocycles. The molecule has 1 aliphatic rings. The largest absolute Gasteiger partial charge is 0.312 e. The Morgan fingerprint density at radius 3 is 2.74 bits per heavy atom. The molecule has 0 aliphatic carbocycles. The summed E-state index contributed by atoms with van der Waals surface area (Å²) in [6, 6.07) is 4.84. The van der Waals surface area contributed by atoms with Gasteiger partial charge in [0.15, 0.2) is 0 Å². The summed E-state index contributed by atoms with van der Waals surface area (Å²) in [6.07, 6.45) is 2.46. The monoisotopic (exact) mass is 284 g/mol. The fourth-order valence-corrected chi connectivity index (χ4v) is 2.84. The zero-order valence-electron chi connectivity index (χ0n) is 11.5. The zero-order chi connectivity index (χ0) is 13.7. The van der Waals surface area contributed by atoms with Crippen LogP contribution in [0, 0.1) is 11.7 Å². The van der Waals surface area contributed by atoms with Gasteiger partial charge in [-0.3, -0.25) is 0 Å². The van der Waals surface area contributed by atoms with Crippen LogP contribution in [-0.2, 0) is 6.54 Å². The van der Waals surface area contributed by atoms with Crippen molar-refractivity contribution >= 4 is 11.6 Å². The van der Waals surface area contributed by atoms with Gasteiger partial charge in [0.1, 0.15) is 5.82 Å². The van der Waals surface area contributed by atoms with Crippen LogP contribution in [0.4, 0.5) is 4.39 Å². The van der Waals surface area contributed by atoms with E-state index in [0.717, 1.165) is 13.1 Å². The summed E-state index contributed by atoms with van der Waals surface area (Å²) in [7, 11) is 0. The highest BCUT2D eigenvalue weighted by molar-refractivity contribution is 6.31. The number of piperidine rings is 1. The zero-order valence-corrected chi connectivity index (χ0v) is 12.2. The van der Waals surface area contributed by atoms with Crippen LogP contribution in [0.15, 0.2) is 18.2 Å². The Morgan fingerprint density at radius 2 is 2.11 bits per heavy atom. The highest BCUT2D eigenvalue weighted by atomic mass is 35.5. The molecule has 0 amide bonds. The molecule has 0 unspecified atom stereocenters. The van der Waals surface area contributed by atoms with Crippen LogP contribution in [0.3, 0.4) is 0 Å². The Balaban J connectivity index is 1.75. The van der Waals surface area contributed by atoms with Gasteiger partial charge >= 0.3 is 0 Å². The number of hydrogen-bond donors (Lipinski definition) is 1. The highest BCUT2D eigenvalue weighted by Crippen LogP contribution is 2.19. The summed E-state index contributed by atoms with van der Waals surface area (Å²) < 4.78 is 13.6. The van der Waals surface area contributed by atoms with E-state index in [1.54, 1.807) is 12.1 Å². The van der Waals surface area contributed by atoms with E-state index in [9.17, 15) is 4.39 Å². The predicted octanol–water partition coefficient (Wildman–Crippen LogP) is 3.30. The summed E-state index contributed by atoms with van der Waals surface area (Å²) in [6.45, 7) is 7.18. The topological polar surface area (TPSA) is 15.3 Å². The Labute approximate surface area is 119 Å². The van der Waals surface area contributed by atoms with Gasteiger partial charge in [-0.15, -0.1) is 0 Å². The van der Waals surface area contributed by atoms with E-state index in [1.807, 2.05) is 0 Å². The smallest absolute Gasteiger partial charge is 0.129 e. The van der Waals surface area contributed by atoms with Crippen molar-refractivity contribution in [1.82, 2.24) is 10.2 Å². The lowest BCUT2D eigenvalue weighted by molar-refractivity contribution is 0.190. The molecule has 1 fully saturated rings. The Kier molecular flexibility index (Phi) is 5.61. The van der Waals surface area contributed by atoms with E-state index in [-0.39, 0.29) is 5.82 Å². The number of halogens is 2. The minimum atomic E-state index is -0.221. The van der Waals surface area contributed by atoms with Gasteiger partial charge < -0.3 is 10.2 Å². The lowest BCUT2D eigenvalue weighted by Crippen LogP contribution is -2.37. The quantitative estimate of drug-likeness (QED) is 0.892. The molecule has 0 aromatic heterocycles. The third kappa shape index (κ3) is 4.16. The second kappa shape index (κ2) is 7.22. The fraction of sp³-hybridized carbons (Fsp3) is 0.600. The lowest BCUT2D eigenvalue weighted by Gasteiger charge is -2.31. The van der Waals surface area contributed by atoms with Crippen LogP contribution in [0.5, 0.6) is 0 Å². The van der Waals surface area contributed by atoms with Crippen molar-refractivity contribution in [2.24, 2.45) is 5.92 Å². The molecule has 1 aromatic carbocycles. The minimum absolute atomic E-state index is 0.221. The van der Waals surface area contributed by atoms with Crippen molar-refractivity contribution in [1.29, 1.82) is 0 Å². The molecule has 0 radical (unpaired) electrons. The Bertz CT molecular complexity index is 383. The number of nitrogens with one attached hydrogen (secondary N) is 1. The van der Waals surface area contributed by atoms with Crippen LogP contribution in [0.2, 0.25) is 5.02 Å². The van der Waals surface area contributed by atoms with Gasteiger partial charge in [0, 0.05) is 17.1 Å². The number of rotatable bonds is 5. The molecule has 0 atom stereocenters. The van der Waals surface area contributed by atoms with Crippen molar-refractivity contribution in [2.75, 3.05) is 26.2 Å². The molecular weight excluding hydrogens is 263 g/mol. The standard InChI is InChI=1S/C15H22ClFN2/c1-2-19-8-6-12(7-9-19)10-18-11-13-14(16)4-3-5-15(13)17/h3-5,12,18H,2,6-11H2,1H3. The predicted molar refractivity (Wildman–Crippen MR) is 78.0 cm³/mol. The van der Waals surface area contributed by atoms with Gasteiger partial charge in [0.05, 0.1) is 0 Å². The maximum Gasteiger partial charge on any atom is 0.129 e. The number of likely N-dealkylation sites (tertiary alicyclic amines) is 1. The van der Waals surface area contributed by atoms with E-state index < -0.39 is 0 Å². The molecule has 2 rings (SSSR count). The van der Waals surface area contributed by atoms with E-state index in [0.29, 0.717) is 23.0 Å².